The number of amides is 2. The molecule has 0 aliphatic carbocycles. The first-order valence-electron chi connectivity index (χ1n) is 8.95. The van der Waals surface area contributed by atoms with Crippen LogP contribution in [0, 0.1) is 5.92 Å². The highest BCUT2D eigenvalue weighted by Gasteiger charge is 2.34. The summed E-state index contributed by atoms with van der Waals surface area (Å²) in [6.07, 6.45) is 1.81. The van der Waals surface area contributed by atoms with E-state index in [-0.39, 0.29) is 24.2 Å². The Hall–Kier alpha value is -3.34. The summed E-state index contributed by atoms with van der Waals surface area (Å²) in [4.78, 5) is 26.4. The summed E-state index contributed by atoms with van der Waals surface area (Å²) in [6.45, 7) is 0.814. The molecule has 1 aliphatic rings. The lowest BCUT2D eigenvalue weighted by Crippen LogP contribution is -2.27. The van der Waals surface area contributed by atoms with E-state index in [1.807, 2.05) is 60.7 Å². The number of nitrogens with zero attached hydrogens (tertiary/aromatic N) is 1. The molecule has 3 aromatic rings. The third-order valence-electron chi connectivity index (χ3n) is 4.77. The number of carbonyl (C=O) groups is 2. The van der Waals surface area contributed by atoms with Gasteiger partial charge >= 0.3 is 0 Å². The SMILES string of the molecule is O=C(Nc1ccc(-c2ccccc2)cc1)[C@@H]1CC(=O)N(Cc2ccco2)C1. The van der Waals surface area contributed by atoms with E-state index in [9.17, 15) is 9.59 Å². The number of hydrogen-bond donors (Lipinski definition) is 1. The molecule has 4 rings (SSSR count). The molecule has 0 unspecified atom stereocenters. The Labute approximate surface area is 157 Å². The first kappa shape index (κ1) is 17.1. The van der Waals surface area contributed by atoms with Gasteiger partial charge < -0.3 is 14.6 Å². The maximum Gasteiger partial charge on any atom is 0.229 e. The number of likely N-dealkylation sites (tertiary alicyclic amines) is 1. The zero-order valence-corrected chi connectivity index (χ0v) is 14.8. The van der Waals surface area contributed by atoms with Crippen LogP contribution in [0.4, 0.5) is 5.69 Å². The molecule has 1 fully saturated rings. The molecule has 1 N–H and O–H groups in total. The molecule has 0 radical (unpaired) electrons. The molecule has 0 spiro atoms. The topological polar surface area (TPSA) is 62.6 Å². The van der Waals surface area contributed by atoms with Crippen LogP contribution in [0.25, 0.3) is 11.1 Å². The van der Waals surface area contributed by atoms with Crippen LogP contribution in [0.15, 0.2) is 77.4 Å². The second kappa shape index (κ2) is 7.50. The number of hydrogen-bond acceptors (Lipinski definition) is 3. The molecular weight excluding hydrogens is 340 g/mol. The Bertz CT molecular complexity index is 918. The fourth-order valence-corrected chi connectivity index (χ4v) is 3.31. The zero-order chi connectivity index (χ0) is 18.6. The first-order chi connectivity index (χ1) is 13.2. The average molecular weight is 360 g/mol. The summed E-state index contributed by atoms with van der Waals surface area (Å²) in [5, 5.41) is 2.92. The molecule has 1 aromatic heterocycles. The van der Waals surface area contributed by atoms with Gasteiger partial charge in [-0.1, -0.05) is 42.5 Å². The van der Waals surface area contributed by atoms with Gasteiger partial charge in [0, 0.05) is 18.7 Å². The van der Waals surface area contributed by atoms with Crippen molar-refractivity contribution in [3.05, 3.63) is 78.8 Å². The van der Waals surface area contributed by atoms with Crippen molar-refractivity contribution in [2.45, 2.75) is 13.0 Å². The summed E-state index contributed by atoms with van der Waals surface area (Å²) < 4.78 is 5.29. The van der Waals surface area contributed by atoms with Gasteiger partial charge in [0.2, 0.25) is 11.8 Å². The standard InChI is InChI=1S/C22H20N2O3/c25-21-13-18(14-24(21)15-20-7-4-12-27-20)22(26)23-19-10-8-17(9-11-19)16-5-2-1-3-6-16/h1-12,18H,13-15H2,(H,23,26)/t18-/m1/s1. The molecular formula is C22H20N2O3. The number of rotatable bonds is 5. The van der Waals surface area contributed by atoms with Gasteiger partial charge in [0.1, 0.15) is 5.76 Å². The van der Waals surface area contributed by atoms with E-state index in [2.05, 4.69) is 5.32 Å². The van der Waals surface area contributed by atoms with Crippen molar-refractivity contribution < 1.29 is 14.0 Å². The van der Waals surface area contributed by atoms with Crippen LogP contribution < -0.4 is 5.32 Å². The highest BCUT2D eigenvalue weighted by atomic mass is 16.3. The van der Waals surface area contributed by atoms with Crippen molar-refractivity contribution in [1.82, 2.24) is 4.90 Å². The van der Waals surface area contributed by atoms with Gasteiger partial charge in [-0.15, -0.1) is 0 Å². The third kappa shape index (κ3) is 3.92. The Morgan fingerprint density at radius 2 is 1.74 bits per heavy atom. The summed E-state index contributed by atoms with van der Waals surface area (Å²) in [6, 6.07) is 21.4. The number of carbonyl (C=O) groups excluding carboxylic acids is 2. The van der Waals surface area contributed by atoms with Crippen LogP contribution in [0.1, 0.15) is 12.2 Å². The number of anilines is 1. The van der Waals surface area contributed by atoms with Gasteiger partial charge in [-0.25, -0.2) is 0 Å². The van der Waals surface area contributed by atoms with Crippen molar-refractivity contribution in [1.29, 1.82) is 0 Å². The fourth-order valence-electron chi connectivity index (χ4n) is 3.31. The largest absolute Gasteiger partial charge is 0.467 e. The molecule has 5 heteroatoms. The molecule has 2 heterocycles. The second-order valence-corrected chi connectivity index (χ2v) is 6.69. The number of benzene rings is 2. The molecule has 136 valence electrons. The average Bonchev–Trinajstić information content (AvgIpc) is 3.34. The zero-order valence-electron chi connectivity index (χ0n) is 14.8. The van der Waals surface area contributed by atoms with Gasteiger partial charge in [0.15, 0.2) is 0 Å². The van der Waals surface area contributed by atoms with Crippen molar-refractivity contribution in [2.24, 2.45) is 5.92 Å². The molecule has 1 saturated heterocycles. The molecule has 2 aromatic carbocycles. The fraction of sp³-hybridized carbons (Fsp3) is 0.182. The van der Waals surface area contributed by atoms with Crippen LogP contribution >= 0.6 is 0 Å². The maximum atomic E-state index is 12.5. The lowest BCUT2D eigenvalue weighted by Gasteiger charge is -2.15. The van der Waals surface area contributed by atoms with Crippen molar-refractivity contribution in [3.63, 3.8) is 0 Å². The third-order valence-corrected chi connectivity index (χ3v) is 4.77. The van der Waals surface area contributed by atoms with E-state index >= 15 is 0 Å². The minimum absolute atomic E-state index is 0.0222. The molecule has 1 aliphatic heterocycles. The number of furan rings is 1. The Morgan fingerprint density at radius 1 is 1.00 bits per heavy atom. The van der Waals surface area contributed by atoms with E-state index in [1.54, 1.807) is 17.2 Å². The van der Waals surface area contributed by atoms with E-state index in [4.69, 9.17) is 4.42 Å². The highest BCUT2D eigenvalue weighted by Crippen LogP contribution is 2.24. The molecule has 2 amide bonds. The summed E-state index contributed by atoms with van der Waals surface area (Å²) in [5.41, 5.74) is 2.95. The highest BCUT2D eigenvalue weighted by molar-refractivity contribution is 5.97. The van der Waals surface area contributed by atoms with Crippen LogP contribution in [0.3, 0.4) is 0 Å². The van der Waals surface area contributed by atoms with E-state index in [0.29, 0.717) is 13.1 Å². The molecule has 1 atom stereocenters. The minimum Gasteiger partial charge on any atom is -0.467 e. The van der Waals surface area contributed by atoms with Crippen LogP contribution in [0.5, 0.6) is 0 Å². The predicted molar refractivity (Wildman–Crippen MR) is 103 cm³/mol. The Morgan fingerprint density at radius 3 is 2.44 bits per heavy atom. The normalized spacial score (nSPS) is 16.5. The van der Waals surface area contributed by atoms with Crippen LogP contribution in [0.2, 0.25) is 0 Å². The summed E-state index contributed by atoms with van der Waals surface area (Å²) >= 11 is 0. The summed E-state index contributed by atoms with van der Waals surface area (Å²) in [7, 11) is 0. The molecule has 5 nitrogen and oxygen atoms in total. The van der Waals surface area contributed by atoms with Gasteiger partial charge in [0.25, 0.3) is 0 Å². The van der Waals surface area contributed by atoms with Crippen molar-refractivity contribution >= 4 is 17.5 Å². The van der Waals surface area contributed by atoms with E-state index in [0.717, 1.165) is 22.6 Å². The Kier molecular flexibility index (Phi) is 4.75. The van der Waals surface area contributed by atoms with E-state index < -0.39 is 0 Å². The lowest BCUT2D eigenvalue weighted by molar-refractivity contribution is -0.128. The predicted octanol–water partition coefficient (Wildman–Crippen LogP) is 3.93. The van der Waals surface area contributed by atoms with Gasteiger partial charge in [-0.2, -0.15) is 0 Å². The van der Waals surface area contributed by atoms with Gasteiger partial charge in [-0.3, -0.25) is 9.59 Å². The second-order valence-electron chi connectivity index (χ2n) is 6.69. The monoisotopic (exact) mass is 360 g/mol. The maximum absolute atomic E-state index is 12.5. The quantitative estimate of drug-likeness (QED) is 0.750. The molecule has 0 saturated carbocycles. The molecule has 27 heavy (non-hydrogen) atoms. The first-order valence-corrected chi connectivity index (χ1v) is 8.95. The van der Waals surface area contributed by atoms with Crippen molar-refractivity contribution in [3.8, 4) is 11.1 Å². The van der Waals surface area contributed by atoms with Crippen LogP contribution in [-0.2, 0) is 16.1 Å². The summed E-state index contributed by atoms with van der Waals surface area (Å²) in [5.74, 6) is 0.228. The smallest absolute Gasteiger partial charge is 0.229 e. The number of nitrogens with one attached hydrogen (secondary N) is 1. The van der Waals surface area contributed by atoms with Crippen LogP contribution in [-0.4, -0.2) is 23.3 Å². The molecule has 0 bridgehead atoms. The van der Waals surface area contributed by atoms with Gasteiger partial charge in [-0.05, 0) is 35.4 Å². The Balaban J connectivity index is 1.37. The van der Waals surface area contributed by atoms with Gasteiger partial charge in [0.05, 0.1) is 18.7 Å². The minimum atomic E-state index is -0.346. The van der Waals surface area contributed by atoms with E-state index in [1.165, 1.54) is 0 Å². The van der Waals surface area contributed by atoms with Crippen molar-refractivity contribution in [2.75, 3.05) is 11.9 Å². The lowest BCUT2D eigenvalue weighted by atomic mass is 10.1.